The molecular formula is C73H126O6. The Bertz CT molecular complexity index is 1540. The molecule has 454 valence electrons. The molecule has 6 nitrogen and oxygen atoms in total. The molecular weight excluding hydrogens is 973 g/mol. The molecule has 0 bridgehead atoms. The van der Waals surface area contributed by atoms with Crippen LogP contribution in [0.5, 0.6) is 0 Å². The second kappa shape index (κ2) is 66.8. The molecule has 0 radical (unpaired) electrons. The van der Waals surface area contributed by atoms with Crippen molar-refractivity contribution in [3.8, 4) is 0 Å². The van der Waals surface area contributed by atoms with Gasteiger partial charge in [-0.05, 0) is 116 Å². The van der Waals surface area contributed by atoms with Crippen molar-refractivity contribution in [2.75, 3.05) is 13.2 Å². The maximum Gasteiger partial charge on any atom is 0.306 e. The summed E-state index contributed by atoms with van der Waals surface area (Å²) in [5.41, 5.74) is 0. The Balaban J connectivity index is 4.35. The zero-order valence-electron chi connectivity index (χ0n) is 52.1. The predicted octanol–water partition coefficient (Wildman–Crippen LogP) is 23.2. The van der Waals surface area contributed by atoms with Gasteiger partial charge in [0.1, 0.15) is 13.2 Å². The van der Waals surface area contributed by atoms with Gasteiger partial charge in [0.2, 0.25) is 0 Å². The van der Waals surface area contributed by atoms with Crippen molar-refractivity contribution < 1.29 is 28.6 Å². The Morgan fingerprint density at radius 2 is 0.506 bits per heavy atom. The summed E-state index contributed by atoms with van der Waals surface area (Å²) in [6.45, 7) is 6.48. The molecule has 0 saturated carbocycles. The van der Waals surface area contributed by atoms with Gasteiger partial charge >= 0.3 is 17.9 Å². The van der Waals surface area contributed by atoms with E-state index in [9.17, 15) is 14.4 Å². The van der Waals surface area contributed by atoms with E-state index in [4.69, 9.17) is 14.2 Å². The van der Waals surface area contributed by atoms with Gasteiger partial charge in [-0.3, -0.25) is 14.4 Å². The first-order valence-corrected chi connectivity index (χ1v) is 33.7. The number of ether oxygens (including phenoxy) is 3. The summed E-state index contributed by atoms with van der Waals surface area (Å²) < 4.78 is 16.9. The van der Waals surface area contributed by atoms with Crippen molar-refractivity contribution in [2.24, 2.45) is 0 Å². The van der Waals surface area contributed by atoms with Crippen molar-refractivity contribution in [1.29, 1.82) is 0 Å². The summed E-state index contributed by atoms with van der Waals surface area (Å²) in [6.07, 6.45) is 90.1. The molecule has 0 amide bonds. The smallest absolute Gasteiger partial charge is 0.306 e. The monoisotopic (exact) mass is 1100 g/mol. The molecule has 0 aromatic rings. The molecule has 6 heteroatoms. The van der Waals surface area contributed by atoms with E-state index in [0.717, 1.165) is 89.9 Å². The first kappa shape index (κ1) is 75.3. The first-order chi connectivity index (χ1) is 39.0. The highest BCUT2D eigenvalue weighted by molar-refractivity contribution is 5.71. The summed E-state index contributed by atoms with van der Waals surface area (Å²) in [5, 5.41) is 0. The summed E-state index contributed by atoms with van der Waals surface area (Å²) >= 11 is 0. The van der Waals surface area contributed by atoms with Gasteiger partial charge in [-0.25, -0.2) is 0 Å². The van der Waals surface area contributed by atoms with Crippen LogP contribution in [0.3, 0.4) is 0 Å². The van der Waals surface area contributed by atoms with Crippen molar-refractivity contribution in [2.45, 2.75) is 335 Å². The van der Waals surface area contributed by atoms with Gasteiger partial charge < -0.3 is 14.2 Å². The first-order valence-electron chi connectivity index (χ1n) is 33.7. The van der Waals surface area contributed by atoms with Crippen LogP contribution in [0.4, 0.5) is 0 Å². The van der Waals surface area contributed by atoms with Crippen molar-refractivity contribution >= 4 is 17.9 Å². The third kappa shape index (κ3) is 65.0. The lowest BCUT2D eigenvalue weighted by molar-refractivity contribution is -0.167. The standard InChI is InChI=1S/C73H126O6/c1-4-7-10-13-16-19-22-25-28-31-32-33-34-35-36-37-38-39-40-43-45-48-51-54-57-60-63-66-72(75)78-69-70(79-73(76)67-64-61-58-55-52-49-46-42-30-27-24-21-18-15-12-9-6-3)68-77-71(74)65-62-59-56-53-50-47-44-41-29-26-23-20-17-14-11-8-5-2/h9,12,17-18,20-21,26-27,29-32,46,49,55,58,70H,4-8,10-11,13-16,19,22-25,28,33-45,47-48,50-54,56-57,59-69H2,1-3H3/b12-9-,20-17-,21-18-,29-26-,30-27-,32-31-,49-46-,58-55-. The van der Waals surface area contributed by atoms with E-state index >= 15 is 0 Å². The fourth-order valence-electron chi connectivity index (χ4n) is 9.51. The van der Waals surface area contributed by atoms with Crippen LogP contribution in [0, 0.1) is 0 Å². The van der Waals surface area contributed by atoms with Crippen LogP contribution < -0.4 is 0 Å². The lowest BCUT2D eigenvalue weighted by Crippen LogP contribution is -2.30. The fraction of sp³-hybridized carbons (Fsp3) is 0.740. The van der Waals surface area contributed by atoms with Crippen molar-refractivity contribution in [3.05, 3.63) is 97.2 Å². The molecule has 79 heavy (non-hydrogen) atoms. The third-order valence-corrected chi connectivity index (χ3v) is 14.5. The Labute approximate surface area is 489 Å². The predicted molar refractivity (Wildman–Crippen MR) is 344 cm³/mol. The van der Waals surface area contributed by atoms with Crippen LogP contribution in [0.1, 0.15) is 329 Å². The quantitative estimate of drug-likeness (QED) is 0.0261. The summed E-state index contributed by atoms with van der Waals surface area (Å²) in [7, 11) is 0. The molecule has 0 spiro atoms. The number of carbonyl (C=O) groups excluding carboxylic acids is 3. The largest absolute Gasteiger partial charge is 0.462 e. The number of allylic oxidation sites excluding steroid dienone is 16. The van der Waals surface area contributed by atoms with Crippen LogP contribution in [0.2, 0.25) is 0 Å². The molecule has 0 aromatic carbocycles. The summed E-state index contributed by atoms with van der Waals surface area (Å²) in [4.78, 5) is 38.4. The Morgan fingerprint density at radius 3 is 0.848 bits per heavy atom. The van der Waals surface area contributed by atoms with Crippen LogP contribution in [0.15, 0.2) is 97.2 Å². The van der Waals surface area contributed by atoms with E-state index in [1.54, 1.807) is 0 Å². The minimum atomic E-state index is -0.812. The highest BCUT2D eigenvalue weighted by Gasteiger charge is 2.19. The third-order valence-electron chi connectivity index (χ3n) is 14.5. The van der Waals surface area contributed by atoms with Gasteiger partial charge in [-0.1, -0.05) is 291 Å². The van der Waals surface area contributed by atoms with Crippen LogP contribution >= 0.6 is 0 Å². The van der Waals surface area contributed by atoms with E-state index in [2.05, 4.69) is 118 Å². The maximum atomic E-state index is 12.9. The number of carbonyl (C=O) groups is 3. The molecule has 0 fully saturated rings. The number of unbranched alkanes of at least 4 members (excludes halogenated alkanes) is 34. The van der Waals surface area contributed by atoms with Crippen LogP contribution in [-0.2, 0) is 28.6 Å². The van der Waals surface area contributed by atoms with E-state index in [1.165, 1.54) is 193 Å². The lowest BCUT2D eigenvalue weighted by Gasteiger charge is -2.18. The second-order valence-corrected chi connectivity index (χ2v) is 22.3. The fourth-order valence-corrected chi connectivity index (χ4v) is 9.51. The van der Waals surface area contributed by atoms with Gasteiger partial charge in [0.05, 0.1) is 0 Å². The maximum absolute atomic E-state index is 12.9. The number of rotatable bonds is 61. The Kier molecular flexibility index (Phi) is 63.7. The molecule has 0 aliphatic carbocycles. The van der Waals surface area contributed by atoms with E-state index < -0.39 is 6.10 Å². The van der Waals surface area contributed by atoms with Crippen LogP contribution in [-0.4, -0.2) is 37.2 Å². The summed E-state index contributed by atoms with van der Waals surface area (Å²) in [6, 6.07) is 0. The zero-order chi connectivity index (χ0) is 57.1. The highest BCUT2D eigenvalue weighted by Crippen LogP contribution is 2.17. The topological polar surface area (TPSA) is 78.9 Å². The minimum absolute atomic E-state index is 0.101. The zero-order valence-corrected chi connectivity index (χ0v) is 52.1. The number of hydrogen-bond donors (Lipinski definition) is 0. The minimum Gasteiger partial charge on any atom is -0.462 e. The normalized spacial score (nSPS) is 12.7. The highest BCUT2D eigenvalue weighted by atomic mass is 16.6. The summed E-state index contributed by atoms with van der Waals surface area (Å²) in [5.74, 6) is -0.957. The number of hydrogen-bond acceptors (Lipinski definition) is 6. The van der Waals surface area contributed by atoms with Gasteiger partial charge in [-0.15, -0.1) is 0 Å². The molecule has 0 aliphatic heterocycles. The molecule has 0 aliphatic rings. The van der Waals surface area contributed by atoms with Gasteiger partial charge in [0, 0.05) is 19.3 Å². The van der Waals surface area contributed by atoms with Crippen LogP contribution in [0.25, 0.3) is 0 Å². The molecule has 0 heterocycles. The van der Waals surface area contributed by atoms with Gasteiger partial charge in [0.15, 0.2) is 6.10 Å². The van der Waals surface area contributed by atoms with E-state index in [0.29, 0.717) is 19.3 Å². The molecule has 0 aromatic heterocycles. The van der Waals surface area contributed by atoms with Crippen molar-refractivity contribution in [1.82, 2.24) is 0 Å². The average molecular weight is 1100 g/mol. The Hall–Kier alpha value is -3.67. The van der Waals surface area contributed by atoms with Crippen molar-refractivity contribution in [3.63, 3.8) is 0 Å². The Morgan fingerprint density at radius 1 is 0.266 bits per heavy atom. The average Bonchev–Trinajstić information content (AvgIpc) is 3.45. The second-order valence-electron chi connectivity index (χ2n) is 22.3. The molecule has 1 unspecified atom stereocenters. The SMILES string of the molecule is CC/C=C\C/C=C\C/C=C\C/C=C\C/C=C\CCCC(=O)OC(COC(=O)CCCCCCCCC/C=C\C/C=C\CCCCC)COC(=O)CCCCCCCCCCCCCCCCC/C=C\CCCCCCCCCC. The molecule has 1 atom stereocenters. The molecule has 0 rings (SSSR count). The van der Waals surface area contributed by atoms with Gasteiger partial charge in [-0.2, -0.15) is 0 Å². The molecule has 0 N–H and O–H groups in total. The number of esters is 3. The molecule has 0 saturated heterocycles. The van der Waals surface area contributed by atoms with E-state index in [-0.39, 0.29) is 37.5 Å². The lowest BCUT2D eigenvalue weighted by atomic mass is 10.0. The van der Waals surface area contributed by atoms with Gasteiger partial charge in [0.25, 0.3) is 0 Å². The van der Waals surface area contributed by atoms with E-state index in [1.807, 2.05) is 0 Å².